The van der Waals surface area contributed by atoms with Crippen LogP contribution in [-0.2, 0) is 4.79 Å². The molecule has 0 atom stereocenters. The lowest BCUT2D eigenvalue weighted by atomic mass is 10.0. The Morgan fingerprint density at radius 1 is 1.24 bits per heavy atom. The standard InChI is InChI=1S/C23H24ClN7O2/c1-14-11-19(26-20(32)10-9-15-5-2-3-6-15)31(29-14)23-27-21-18(22(33)28-23)13-25-30(21)17-8-4-7-16(24)12-17/h4,7-8,11-13,15H,2-3,5-6,9-10H2,1H3,(H,26,32)(H,27,28,33). The van der Waals surface area contributed by atoms with Gasteiger partial charge < -0.3 is 5.32 Å². The molecular weight excluding hydrogens is 442 g/mol. The van der Waals surface area contributed by atoms with Crippen molar-refractivity contribution >= 4 is 34.4 Å². The first-order chi connectivity index (χ1) is 16.0. The Morgan fingerprint density at radius 2 is 2.06 bits per heavy atom. The molecule has 3 aromatic heterocycles. The number of hydrogen-bond donors (Lipinski definition) is 2. The Bertz CT molecular complexity index is 1380. The van der Waals surface area contributed by atoms with Crippen molar-refractivity contribution in [3.05, 3.63) is 57.6 Å². The molecule has 0 saturated heterocycles. The van der Waals surface area contributed by atoms with E-state index in [4.69, 9.17) is 11.6 Å². The molecule has 1 amide bonds. The molecule has 1 saturated carbocycles. The van der Waals surface area contributed by atoms with Crippen molar-refractivity contribution in [2.45, 2.75) is 45.4 Å². The zero-order valence-electron chi connectivity index (χ0n) is 18.2. The fourth-order valence-corrected chi connectivity index (χ4v) is 4.58. The topological polar surface area (TPSA) is 110 Å². The number of aromatic amines is 1. The summed E-state index contributed by atoms with van der Waals surface area (Å²) in [6, 6.07) is 8.89. The number of rotatable bonds is 6. The van der Waals surface area contributed by atoms with Gasteiger partial charge in [-0.1, -0.05) is 43.4 Å². The number of halogens is 1. The van der Waals surface area contributed by atoms with Crippen molar-refractivity contribution in [2.24, 2.45) is 5.92 Å². The van der Waals surface area contributed by atoms with E-state index in [0.29, 0.717) is 45.6 Å². The lowest BCUT2D eigenvalue weighted by Crippen LogP contribution is -2.19. The second-order valence-corrected chi connectivity index (χ2v) is 8.92. The van der Waals surface area contributed by atoms with Crippen LogP contribution in [0.1, 0.15) is 44.2 Å². The van der Waals surface area contributed by atoms with Gasteiger partial charge in [-0.05, 0) is 37.5 Å². The van der Waals surface area contributed by atoms with E-state index in [2.05, 4.69) is 25.5 Å². The molecule has 1 aromatic carbocycles. The van der Waals surface area contributed by atoms with Gasteiger partial charge in [0.1, 0.15) is 11.2 Å². The molecule has 3 heterocycles. The molecule has 0 spiro atoms. The minimum atomic E-state index is -0.352. The SMILES string of the molecule is Cc1cc(NC(=O)CCC2CCCC2)n(-c2nc3c(cnn3-c3cccc(Cl)c3)c(=O)[nH]2)n1. The number of amides is 1. The van der Waals surface area contributed by atoms with Gasteiger partial charge in [-0.25, -0.2) is 4.68 Å². The molecule has 2 N–H and O–H groups in total. The summed E-state index contributed by atoms with van der Waals surface area (Å²) in [5, 5.41) is 12.6. The normalized spacial score (nSPS) is 14.2. The van der Waals surface area contributed by atoms with Crippen molar-refractivity contribution < 1.29 is 4.79 Å². The number of hydrogen-bond acceptors (Lipinski definition) is 5. The van der Waals surface area contributed by atoms with Crippen LogP contribution in [0, 0.1) is 12.8 Å². The maximum atomic E-state index is 12.8. The van der Waals surface area contributed by atoms with Crippen LogP contribution < -0.4 is 10.9 Å². The highest BCUT2D eigenvalue weighted by atomic mass is 35.5. The number of nitrogens with one attached hydrogen (secondary N) is 2. The van der Waals surface area contributed by atoms with Gasteiger partial charge in [-0.2, -0.15) is 19.9 Å². The van der Waals surface area contributed by atoms with E-state index in [0.717, 1.165) is 6.42 Å². The molecule has 9 nitrogen and oxygen atoms in total. The Morgan fingerprint density at radius 3 is 2.85 bits per heavy atom. The van der Waals surface area contributed by atoms with Crippen molar-refractivity contribution in [1.29, 1.82) is 0 Å². The van der Waals surface area contributed by atoms with Crippen LogP contribution in [-0.4, -0.2) is 35.4 Å². The number of fused-ring (bicyclic) bond motifs is 1. The van der Waals surface area contributed by atoms with Crippen LogP contribution in [0.2, 0.25) is 5.02 Å². The highest BCUT2D eigenvalue weighted by Crippen LogP contribution is 2.28. The number of carbonyl (C=O) groups is 1. The summed E-state index contributed by atoms with van der Waals surface area (Å²) < 4.78 is 3.00. The van der Waals surface area contributed by atoms with Gasteiger partial charge >= 0.3 is 0 Å². The summed E-state index contributed by atoms with van der Waals surface area (Å²) in [5.41, 5.74) is 1.38. The third-order valence-electron chi connectivity index (χ3n) is 6.03. The van der Waals surface area contributed by atoms with E-state index in [-0.39, 0.29) is 17.4 Å². The maximum Gasteiger partial charge on any atom is 0.263 e. The first-order valence-electron chi connectivity index (χ1n) is 11.1. The molecule has 0 aliphatic heterocycles. The Balaban J connectivity index is 1.47. The lowest BCUT2D eigenvalue weighted by molar-refractivity contribution is -0.116. The summed E-state index contributed by atoms with van der Waals surface area (Å²) in [6.07, 6.45) is 7.73. The molecule has 33 heavy (non-hydrogen) atoms. The van der Waals surface area contributed by atoms with Gasteiger partial charge in [-0.3, -0.25) is 14.6 Å². The minimum Gasteiger partial charge on any atom is -0.310 e. The lowest BCUT2D eigenvalue weighted by Gasteiger charge is -2.10. The van der Waals surface area contributed by atoms with Crippen molar-refractivity contribution in [2.75, 3.05) is 5.32 Å². The molecule has 4 aromatic rings. The van der Waals surface area contributed by atoms with Crippen molar-refractivity contribution in [3.63, 3.8) is 0 Å². The van der Waals surface area contributed by atoms with Crippen molar-refractivity contribution in [3.8, 4) is 11.6 Å². The fourth-order valence-electron chi connectivity index (χ4n) is 4.39. The molecule has 0 unspecified atom stereocenters. The third kappa shape index (κ3) is 4.41. The molecule has 0 radical (unpaired) electrons. The largest absolute Gasteiger partial charge is 0.310 e. The summed E-state index contributed by atoms with van der Waals surface area (Å²) in [6.45, 7) is 1.82. The van der Waals surface area contributed by atoms with Gasteiger partial charge in [0.25, 0.3) is 5.56 Å². The molecule has 10 heteroatoms. The number of aryl methyl sites for hydroxylation is 1. The summed E-state index contributed by atoms with van der Waals surface area (Å²) in [4.78, 5) is 32.7. The second-order valence-electron chi connectivity index (χ2n) is 8.48. The molecule has 0 bridgehead atoms. The van der Waals surface area contributed by atoms with Gasteiger partial charge in [0.2, 0.25) is 11.9 Å². The summed E-state index contributed by atoms with van der Waals surface area (Å²) >= 11 is 6.13. The van der Waals surface area contributed by atoms with Crippen LogP contribution in [0.4, 0.5) is 5.82 Å². The molecule has 170 valence electrons. The van der Waals surface area contributed by atoms with Crippen molar-refractivity contribution in [1.82, 2.24) is 29.5 Å². The van der Waals surface area contributed by atoms with E-state index < -0.39 is 0 Å². The van der Waals surface area contributed by atoms with Crippen LogP contribution >= 0.6 is 11.6 Å². The van der Waals surface area contributed by atoms with E-state index in [1.165, 1.54) is 36.6 Å². The molecule has 1 aliphatic carbocycles. The minimum absolute atomic E-state index is 0.0737. The predicted molar refractivity (Wildman–Crippen MR) is 126 cm³/mol. The highest BCUT2D eigenvalue weighted by Gasteiger charge is 2.19. The van der Waals surface area contributed by atoms with Crippen LogP contribution in [0.5, 0.6) is 0 Å². The van der Waals surface area contributed by atoms with Crippen LogP contribution in [0.3, 0.4) is 0 Å². The molecule has 5 rings (SSSR count). The van der Waals surface area contributed by atoms with Gasteiger partial charge in [0.05, 0.1) is 17.6 Å². The Labute approximate surface area is 194 Å². The quantitative estimate of drug-likeness (QED) is 0.444. The fraction of sp³-hybridized carbons (Fsp3) is 0.348. The predicted octanol–water partition coefficient (Wildman–Crippen LogP) is 4.17. The highest BCUT2D eigenvalue weighted by molar-refractivity contribution is 6.30. The monoisotopic (exact) mass is 465 g/mol. The summed E-state index contributed by atoms with van der Waals surface area (Å²) in [5.74, 6) is 1.21. The van der Waals surface area contributed by atoms with Gasteiger partial charge in [-0.15, -0.1) is 0 Å². The van der Waals surface area contributed by atoms with Crippen LogP contribution in [0.25, 0.3) is 22.7 Å². The maximum absolute atomic E-state index is 12.8. The zero-order chi connectivity index (χ0) is 22.9. The molecule has 1 aliphatic rings. The smallest absolute Gasteiger partial charge is 0.263 e. The summed E-state index contributed by atoms with van der Waals surface area (Å²) in [7, 11) is 0. The molecule has 1 fully saturated rings. The number of carbonyl (C=O) groups excluding carboxylic acids is 1. The van der Waals surface area contributed by atoms with Gasteiger partial charge in [0.15, 0.2) is 5.65 Å². The van der Waals surface area contributed by atoms with E-state index in [1.807, 2.05) is 13.0 Å². The average Bonchev–Trinajstić information content (AvgIpc) is 3.52. The molecular formula is C23H24ClN7O2. The van der Waals surface area contributed by atoms with E-state index >= 15 is 0 Å². The van der Waals surface area contributed by atoms with Gasteiger partial charge in [0, 0.05) is 17.5 Å². The Kier molecular flexibility index (Phi) is 5.72. The van der Waals surface area contributed by atoms with E-state index in [1.54, 1.807) is 28.9 Å². The Hall–Kier alpha value is -3.46. The number of aromatic nitrogens is 6. The third-order valence-corrected chi connectivity index (χ3v) is 6.27. The first kappa shape index (κ1) is 21.4. The zero-order valence-corrected chi connectivity index (χ0v) is 19.0. The van der Waals surface area contributed by atoms with E-state index in [9.17, 15) is 9.59 Å². The number of anilines is 1. The van der Waals surface area contributed by atoms with Crippen LogP contribution in [0.15, 0.2) is 41.3 Å². The number of H-pyrrole nitrogens is 1. The second kappa shape index (κ2) is 8.82. The number of nitrogens with zero attached hydrogens (tertiary/aromatic N) is 5. The number of benzene rings is 1. The average molecular weight is 466 g/mol. The first-order valence-corrected chi connectivity index (χ1v) is 11.5.